The topological polar surface area (TPSA) is 129 Å². The number of aromatic nitrogens is 3. The molecule has 3 N–H and O–H groups in total. The van der Waals surface area contributed by atoms with E-state index < -0.39 is 0 Å². The van der Waals surface area contributed by atoms with Gasteiger partial charge in [-0.3, -0.25) is 19.3 Å². The van der Waals surface area contributed by atoms with Gasteiger partial charge < -0.3 is 20.3 Å². The molecule has 0 saturated heterocycles. The molecule has 1 aromatic carbocycles. The van der Waals surface area contributed by atoms with Crippen molar-refractivity contribution < 1.29 is 14.7 Å². The van der Waals surface area contributed by atoms with Crippen LogP contribution in [0.5, 0.6) is 0 Å². The molecule has 1 aliphatic heterocycles. The van der Waals surface area contributed by atoms with Gasteiger partial charge in [0.1, 0.15) is 5.82 Å². The molecule has 1 aliphatic carbocycles. The van der Waals surface area contributed by atoms with E-state index >= 15 is 0 Å². The van der Waals surface area contributed by atoms with Crippen molar-refractivity contribution in [2.24, 2.45) is 7.05 Å². The minimum atomic E-state index is -0.367. The maximum atomic E-state index is 13.6. The molecular formula is C30H28N6O4S. The molecule has 4 aromatic rings. The number of nitrogens with one attached hydrogen (secondary N) is 2. The lowest BCUT2D eigenvalue weighted by molar-refractivity contribution is -0.111. The summed E-state index contributed by atoms with van der Waals surface area (Å²) in [6, 6.07) is 8.59. The number of hydrogen-bond acceptors (Lipinski definition) is 8. The second-order valence-corrected chi connectivity index (χ2v) is 11.1. The Morgan fingerprint density at radius 1 is 1.17 bits per heavy atom. The van der Waals surface area contributed by atoms with Crippen LogP contribution in [0.4, 0.5) is 23.0 Å². The lowest BCUT2D eigenvalue weighted by atomic mass is 10.00. The fourth-order valence-electron chi connectivity index (χ4n) is 5.49. The molecule has 0 fully saturated rings. The van der Waals surface area contributed by atoms with Gasteiger partial charge in [-0.05, 0) is 67.2 Å². The third-order valence-electron chi connectivity index (χ3n) is 7.43. The van der Waals surface area contributed by atoms with E-state index in [2.05, 4.69) is 27.2 Å². The summed E-state index contributed by atoms with van der Waals surface area (Å²) in [5.74, 6) is 0.00952. The van der Waals surface area contributed by atoms with Crippen molar-refractivity contribution in [3.8, 4) is 11.3 Å². The second-order valence-electron chi connectivity index (χ2n) is 9.98. The molecule has 2 amide bonds. The first-order valence-corrected chi connectivity index (χ1v) is 14.1. The Bertz CT molecular complexity index is 1780. The summed E-state index contributed by atoms with van der Waals surface area (Å²) in [6.45, 7) is 3.57. The number of carbonyl (C=O) groups is 2. The predicted molar refractivity (Wildman–Crippen MR) is 159 cm³/mol. The van der Waals surface area contributed by atoms with E-state index in [1.165, 1.54) is 26.6 Å². The Hall–Kier alpha value is -4.61. The van der Waals surface area contributed by atoms with Crippen LogP contribution in [0.15, 0.2) is 60.2 Å². The van der Waals surface area contributed by atoms with E-state index in [0.29, 0.717) is 40.6 Å². The minimum Gasteiger partial charge on any atom is -0.392 e. The number of aryl methyl sites for hydroxylation is 2. The Balaban J connectivity index is 1.35. The molecule has 10 nitrogen and oxygen atoms in total. The summed E-state index contributed by atoms with van der Waals surface area (Å²) in [5, 5.41) is 16.2. The Labute approximate surface area is 240 Å². The third kappa shape index (κ3) is 4.83. The summed E-state index contributed by atoms with van der Waals surface area (Å²) in [4.78, 5) is 51.2. The number of hydrogen-bond donors (Lipinski definition) is 3. The van der Waals surface area contributed by atoms with Crippen LogP contribution in [-0.2, 0) is 37.7 Å². The Kier molecular flexibility index (Phi) is 6.98. The van der Waals surface area contributed by atoms with E-state index in [9.17, 15) is 19.5 Å². The van der Waals surface area contributed by atoms with E-state index in [4.69, 9.17) is 0 Å². The molecule has 0 unspecified atom stereocenters. The minimum absolute atomic E-state index is 0.0613. The fourth-order valence-corrected chi connectivity index (χ4v) is 6.88. The lowest BCUT2D eigenvalue weighted by Gasteiger charge is -2.28. The normalized spacial score (nSPS) is 14.0. The largest absolute Gasteiger partial charge is 0.392 e. The standard InChI is InChI=1S/C30H28N6O4S/c1-3-25(38)32-17-6-4-7-18(14-17)33-27-30(40)35(2)15-23(34-27)19-10-12-31-28(22(19)16-37)36-13-11-21-20-8-5-9-24(20)41-26(21)29(36)39/h3-4,6-7,10,12,14-15,37H,1,5,8-9,11,13,16H2,2H3,(H,32,38)(H,33,34). The molecule has 0 radical (unpaired) electrons. The number of aliphatic hydroxyl groups excluding tert-OH is 1. The maximum absolute atomic E-state index is 13.6. The zero-order chi connectivity index (χ0) is 28.7. The van der Waals surface area contributed by atoms with Gasteiger partial charge in [-0.1, -0.05) is 12.6 Å². The van der Waals surface area contributed by atoms with Crippen LogP contribution >= 0.6 is 11.3 Å². The van der Waals surface area contributed by atoms with Gasteiger partial charge in [0, 0.05) is 53.4 Å². The maximum Gasteiger partial charge on any atom is 0.293 e. The number of rotatable bonds is 7. The lowest BCUT2D eigenvalue weighted by Crippen LogP contribution is -2.38. The van der Waals surface area contributed by atoms with Crippen molar-refractivity contribution >= 4 is 46.2 Å². The second kappa shape index (κ2) is 10.8. The smallest absolute Gasteiger partial charge is 0.293 e. The number of thiophene rings is 1. The molecule has 0 spiro atoms. The molecule has 0 atom stereocenters. The van der Waals surface area contributed by atoms with Gasteiger partial charge in [0.05, 0.1) is 17.2 Å². The van der Waals surface area contributed by atoms with Gasteiger partial charge in [0.2, 0.25) is 5.91 Å². The molecule has 0 bridgehead atoms. The number of benzene rings is 1. The van der Waals surface area contributed by atoms with E-state index in [1.54, 1.807) is 66.0 Å². The summed E-state index contributed by atoms with van der Waals surface area (Å²) in [5.41, 5.74) is 4.69. The van der Waals surface area contributed by atoms with Crippen LogP contribution in [0.2, 0.25) is 0 Å². The van der Waals surface area contributed by atoms with E-state index in [1.807, 2.05) is 0 Å². The number of nitrogens with zero attached hydrogens (tertiary/aromatic N) is 4. The van der Waals surface area contributed by atoms with Gasteiger partial charge in [-0.15, -0.1) is 11.3 Å². The Morgan fingerprint density at radius 3 is 2.80 bits per heavy atom. The van der Waals surface area contributed by atoms with Gasteiger partial charge in [-0.25, -0.2) is 9.97 Å². The predicted octanol–water partition coefficient (Wildman–Crippen LogP) is 3.96. The molecule has 6 rings (SSSR count). The quantitative estimate of drug-likeness (QED) is 0.288. The highest BCUT2D eigenvalue weighted by molar-refractivity contribution is 7.14. The van der Waals surface area contributed by atoms with Crippen molar-refractivity contribution in [3.05, 3.63) is 92.2 Å². The molecule has 0 saturated carbocycles. The number of carbonyl (C=O) groups excluding carboxylic acids is 2. The summed E-state index contributed by atoms with van der Waals surface area (Å²) < 4.78 is 1.40. The number of aliphatic hydroxyl groups is 1. The highest BCUT2D eigenvalue weighted by Crippen LogP contribution is 2.40. The van der Waals surface area contributed by atoms with Crippen molar-refractivity contribution in [2.75, 3.05) is 22.1 Å². The zero-order valence-electron chi connectivity index (χ0n) is 22.4. The fraction of sp³-hybridized carbons (Fsp3) is 0.233. The van der Waals surface area contributed by atoms with Crippen LogP contribution in [0.3, 0.4) is 0 Å². The van der Waals surface area contributed by atoms with Crippen LogP contribution in [0.25, 0.3) is 11.3 Å². The average Bonchev–Trinajstić information content (AvgIpc) is 3.58. The van der Waals surface area contributed by atoms with Crippen LogP contribution in [0.1, 0.15) is 37.7 Å². The molecule has 41 heavy (non-hydrogen) atoms. The number of anilines is 4. The van der Waals surface area contributed by atoms with Gasteiger partial charge in [0.25, 0.3) is 11.5 Å². The molecular weight excluding hydrogens is 540 g/mol. The van der Waals surface area contributed by atoms with Gasteiger partial charge >= 0.3 is 0 Å². The first-order chi connectivity index (χ1) is 19.9. The average molecular weight is 569 g/mol. The van der Waals surface area contributed by atoms with Crippen LogP contribution < -0.4 is 21.1 Å². The van der Waals surface area contributed by atoms with Gasteiger partial charge in [-0.2, -0.15) is 0 Å². The molecule has 4 heterocycles. The first-order valence-electron chi connectivity index (χ1n) is 13.3. The van der Waals surface area contributed by atoms with Crippen LogP contribution in [0, 0.1) is 0 Å². The SMILES string of the molecule is C=CC(=O)Nc1cccc(Nc2nc(-c3ccnc(N4CCc5c(sc6c5CCC6)C4=O)c3CO)cn(C)c2=O)c1. The monoisotopic (exact) mass is 568 g/mol. The van der Waals surface area contributed by atoms with Crippen molar-refractivity contribution in [1.29, 1.82) is 0 Å². The Morgan fingerprint density at radius 2 is 2.00 bits per heavy atom. The zero-order valence-corrected chi connectivity index (χ0v) is 23.3. The highest BCUT2D eigenvalue weighted by atomic mass is 32.1. The molecule has 11 heteroatoms. The van der Waals surface area contributed by atoms with Gasteiger partial charge in [0.15, 0.2) is 5.82 Å². The number of pyridine rings is 1. The molecule has 2 aliphatic rings. The summed E-state index contributed by atoms with van der Waals surface area (Å²) in [6.07, 6.45) is 8.31. The van der Waals surface area contributed by atoms with Crippen molar-refractivity contribution in [2.45, 2.75) is 32.3 Å². The summed E-state index contributed by atoms with van der Waals surface area (Å²) in [7, 11) is 1.62. The highest BCUT2D eigenvalue weighted by Gasteiger charge is 2.34. The first kappa shape index (κ1) is 26.6. The van der Waals surface area contributed by atoms with E-state index in [-0.39, 0.29) is 29.8 Å². The summed E-state index contributed by atoms with van der Waals surface area (Å²) >= 11 is 1.59. The third-order valence-corrected chi connectivity index (χ3v) is 8.75. The number of amides is 2. The van der Waals surface area contributed by atoms with Crippen molar-refractivity contribution in [1.82, 2.24) is 14.5 Å². The number of fused-ring (bicyclic) bond motifs is 3. The van der Waals surface area contributed by atoms with E-state index in [0.717, 1.165) is 30.6 Å². The molecule has 208 valence electrons. The molecule has 3 aromatic heterocycles. The van der Waals surface area contributed by atoms with Crippen molar-refractivity contribution in [3.63, 3.8) is 0 Å². The van der Waals surface area contributed by atoms with Crippen LogP contribution in [-0.4, -0.2) is 38.0 Å².